The zero-order valence-electron chi connectivity index (χ0n) is 11.2. The van der Waals surface area contributed by atoms with Crippen molar-refractivity contribution < 1.29 is 4.74 Å². The van der Waals surface area contributed by atoms with Crippen molar-refractivity contribution in [3.8, 4) is 5.75 Å². The van der Waals surface area contributed by atoms with Crippen LogP contribution in [0.15, 0.2) is 48.8 Å². The number of hydrogen-bond donors (Lipinski definition) is 0. The summed E-state index contributed by atoms with van der Waals surface area (Å²) in [5.74, 6) is 0.943. The van der Waals surface area contributed by atoms with Gasteiger partial charge in [0.15, 0.2) is 0 Å². The zero-order chi connectivity index (χ0) is 13.8. The number of pyridine rings is 1. The SMILES string of the molecule is Clc1ccncc1CN1CC[C@H](Oc2ccccc2)C1. The quantitative estimate of drug-likeness (QED) is 0.862. The van der Waals surface area contributed by atoms with Crippen LogP contribution in [0.2, 0.25) is 5.02 Å². The highest BCUT2D eigenvalue weighted by Crippen LogP contribution is 2.21. The van der Waals surface area contributed by atoms with Gasteiger partial charge in [-0.25, -0.2) is 0 Å². The fourth-order valence-electron chi connectivity index (χ4n) is 2.50. The maximum atomic E-state index is 6.17. The van der Waals surface area contributed by atoms with Gasteiger partial charge < -0.3 is 4.74 Å². The first-order valence-electron chi connectivity index (χ1n) is 6.84. The van der Waals surface area contributed by atoms with Crippen LogP contribution in [0, 0.1) is 0 Å². The molecule has 1 aliphatic rings. The smallest absolute Gasteiger partial charge is 0.119 e. The van der Waals surface area contributed by atoms with Gasteiger partial charge in [0, 0.05) is 42.6 Å². The average Bonchev–Trinajstić information content (AvgIpc) is 2.90. The van der Waals surface area contributed by atoms with Gasteiger partial charge in [-0.05, 0) is 24.6 Å². The second-order valence-electron chi connectivity index (χ2n) is 5.04. The van der Waals surface area contributed by atoms with E-state index in [-0.39, 0.29) is 6.10 Å². The minimum absolute atomic E-state index is 0.257. The highest BCUT2D eigenvalue weighted by atomic mass is 35.5. The molecule has 1 aromatic heterocycles. The largest absolute Gasteiger partial charge is 0.489 e. The van der Waals surface area contributed by atoms with Gasteiger partial charge in [0.1, 0.15) is 11.9 Å². The molecule has 0 N–H and O–H groups in total. The van der Waals surface area contributed by atoms with E-state index >= 15 is 0 Å². The predicted molar refractivity (Wildman–Crippen MR) is 80.0 cm³/mol. The molecule has 3 rings (SSSR count). The maximum Gasteiger partial charge on any atom is 0.119 e. The fourth-order valence-corrected chi connectivity index (χ4v) is 2.66. The molecule has 2 aromatic rings. The first-order chi connectivity index (χ1) is 9.81. The van der Waals surface area contributed by atoms with E-state index in [4.69, 9.17) is 16.3 Å². The summed E-state index contributed by atoms with van der Waals surface area (Å²) in [7, 11) is 0. The number of halogens is 1. The van der Waals surface area contributed by atoms with Gasteiger partial charge in [0.05, 0.1) is 0 Å². The summed E-state index contributed by atoms with van der Waals surface area (Å²) in [5, 5.41) is 0.785. The van der Waals surface area contributed by atoms with Gasteiger partial charge in [-0.15, -0.1) is 0 Å². The number of aromatic nitrogens is 1. The molecule has 0 saturated carbocycles. The fraction of sp³-hybridized carbons (Fsp3) is 0.312. The third-order valence-electron chi connectivity index (χ3n) is 3.51. The zero-order valence-corrected chi connectivity index (χ0v) is 12.0. The summed E-state index contributed by atoms with van der Waals surface area (Å²) in [6.07, 6.45) is 4.87. The van der Waals surface area contributed by atoms with Crippen LogP contribution >= 0.6 is 11.6 Å². The minimum Gasteiger partial charge on any atom is -0.489 e. The van der Waals surface area contributed by atoms with Crippen LogP contribution in [0.5, 0.6) is 5.75 Å². The van der Waals surface area contributed by atoms with Gasteiger partial charge in [0.25, 0.3) is 0 Å². The molecule has 104 valence electrons. The van der Waals surface area contributed by atoms with Crippen LogP contribution in [0.1, 0.15) is 12.0 Å². The molecular weight excluding hydrogens is 272 g/mol. The van der Waals surface area contributed by atoms with E-state index < -0.39 is 0 Å². The molecule has 1 fully saturated rings. The number of likely N-dealkylation sites (tertiary alicyclic amines) is 1. The molecule has 1 aliphatic heterocycles. The van der Waals surface area contributed by atoms with Crippen LogP contribution in [0.4, 0.5) is 0 Å². The third-order valence-corrected chi connectivity index (χ3v) is 3.88. The van der Waals surface area contributed by atoms with Gasteiger partial charge in [0.2, 0.25) is 0 Å². The van der Waals surface area contributed by atoms with E-state index in [1.807, 2.05) is 42.6 Å². The lowest BCUT2D eigenvalue weighted by Gasteiger charge is -2.17. The molecule has 0 unspecified atom stereocenters. The Bertz CT molecular complexity index is 561. The van der Waals surface area contributed by atoms with Crippen molar-refractivity contribution >= 4 is 11.6 Å². The van der Waals surface area contributed by atoms with E-state index in [1.54, 1.807) is 6.20 Å². The van der Waals surface area contributed by atoms with Gasteiger partial charge in [-0.2, -0.15) is 0 Å². The van der Waals surface area contributed by atoms with Crippen molar-refractivity contribution in [2.45, 2.75) is 19.1 Å². The van der Waals surface area contributed by atoms with E-state index in [2.05, 4.69) is 9.88 Å². The molecule has 0 bridgehead atoms. The Labute approximate surface area is 124 Å². The molecule has 0 radical (unpaired) electrons. The van der Waals surface area contributed by atoms with Crippen LogP contribution in [0.25, 0.3) is 0 Å². The topological polar surface area (TPSA) is 25.4 Å². The van der Waals surface area contributed by atoms with Gasteiger partial charge >= 0.3 is 0 Å². The summed E-state index contributed by atoms with van der Waals surface area (Å²) in [6.45, 7) is 2.80. The molecular formula is C16H17ClN2O. The molecule has 0 aliphatic carbocycles. The van der Waals surface area contributed by atoms with Gasteiger partial charge in [-0.3, -0.25) is 9.88 Å². The Hall–Kier alpha value is -1.58. The van der Waals surface area contributed by atoms with Crippen molar-refractivity contribution in [1.29, 1.82) is 0 Å². The molecule has 1 atom stereocenters. The van der Waals surface area contributed by atoms with Crippen LogP contribution < -0.4 is 4.74 Å². The Morgan fingerprint density at radius 1 is 1.25 bits per heavy atom. The Morgan fingerprint density at radius 3 is 2.90 bits per heavy atom. The first-order valence-corrected chi connectivity index (χ1v) is 7.21. The Kier molecular flexibility index (Phi) is 4.19. The molecule has 0 amide bonds. The molecule has 4 heteroatoms. The number of benzene rings is 1. The molecule has 1 aromatic carbocycles. The Morgan fingerprint density at radius 2 is 2.10 bits per heavy atom. The van der Waals surface area contributed by atoms with Crippen molar-refractivity contribution in [2.24, 2.45) is 0 Å². The molecule has 0 spiro atoms. The number of nitrogens with zero attached hydrogens (tertiary/aromatic N) is 2. The van der Waals surface area contributed by atoms with Crippen LogP contribution in [-0.2, 0) is 6.54 Å². The van der Waals surface area contributed by atoms with Crippen LogP contribution in [-0.4, -0.2) is 29.1 Å². The lowest BCUT2D eigenvalue weighted by atomic mass is 10.2. The monoisotopic (exact) mass is 288 g/mol. The standard InChI is InChI=1S/C16H17ClN2O/c17-16-6-8-18-10-13(16)11-19-9-7-15(12-19)20-14-4-2-1-3-5-14/h1-6,8,10,15H,7,9,11-12H2/t15-/m0/s1. The normalized spacial score (nSPS) is 19.1. The van der Waals surface area contributed by atoms with E-state index in [0.29, 0.717) is 0 Å². The first kappa shape index (κ1) is 13.4. The molecule has 20 heavy (non-hydrogen) atoms. The maximum absolute atomic E-state index is 6.17. The number of hydrogen-bond acceptors (Lipinski definition) is 3. The summed E-state index contributed by atoms with van der Waals surface area (Å²) >= 11 is 6.17. The molecule has 3 nitrogen and oxygen atoms in total. The summed E-state index contributed by atoms with van der Waals surface area (Å²) in [5.41, 5.74) is 1.08. The summed E-state index contributed by atoms with van der Waals surface area (Å²) in [6, 6.07) is 11.8. The van der Waals surface area contributed by atoms with E-state index in [9.17, 15) is 0 Å². The average molecular weight is 289 g/mol. The third kappa shape index (κ3) is 3.30. The highest BCUT2D eigenvalue weighted by Gasteiger charge is 2.24. The van der Waals surface area contributed by atoms with Crippen molar-refractivity contribution in [3.05, 3.63) is 59.4 Å². The van der Waals surface area contributed by atoms with E-state index in [0.717, 1.165) is 42.4 Å². The molecule has 1 saturated heterocycles. The van der Waals surface area contributed by atoms with E-state index in [1.165, 1.54) is 0 Å². The lowest BCUT2D eigenvalue weighted by molar-refractivity contribution is 0.198. The Balaban J connectivity index is 1.56. The molecule has 2 heterocycles. The number of para-hydroxylation sites is 1. The second kappa shape index (κ2) is 6.25. The number of ether oxygens (including phenoxy) is 1. The van der Waals surface area contributed by atoms with Crippen molar-refractivity contribution in [2.75, 3.05) is 13.1 Å². The predicted octanol–water partition coefficient (Wildman–Crippen LogP) is 3.39. The van der Waals surface area contributed by atoms with Crippen molar-refractivity contribution in [1.82, 2.24) is 9.88 Å². The lowest BCUT2D eigenvalue weighted by Crippen LogP contribution is -2.24. The highest BCUT2D eigenvalue weighted by molar-refractivity contribution is 6.31. The second-order valence-corrected chi connectivity index (χ2v) is 5.45. The van der Waals surface area contributed by atoms with Crippen molar-refractivity contribution in [3.63, 3.8) is 0 Å². The van der Waals surface area contributed by atoms with Gasteiger partial charge in [-0.1, -0.05) is 29.8 Å². The minimum atomic E-state index is 0.257. The summed E-state index contributed by atoms with van der Waals surface area (Å²) in [4.78, 5) is 6.49. The summed E-state index contributed by atoms with van der Waals surface area (Å²) < 4.78 is 5.98. The number of rotatable bonds is 4. The van der Waals surface area contributed by atoms with Crippen LogP contribution in [0.3, 0.4) is 0 Å².